The molecule has 1 aromatic carbocycles. The molecule has 5 nitrogen and oxygen atoms in total. The van der Waals surface area contributed by atoms with Gasteiger partial charge < -0.3 is 11.1 Å². The number of halogens is 2. The number of carbonyl (C=O) groups is 1. The van der Waals surface area contributed by atoms with E-state index in [9.17, 15) is 4.79 Å². The molecule has 2 rings (SSSR count). The summed E-state index contributed by atoms with van der Waals surface area (Å²) in [7, 11) is 0. The molecule has 3 N–H and O–H groups in total. The molecule has 7 heteroatoms. The van der Waals surface area contributed by atoms with E-state index in [1.54, 1.807) is 29.1 Å². The second kappa shape index (κ2) is 6.15. The van der Waals surface area contributed by atoms with Gasteiger partial charge in [0, 0.05) is 11.4 Å². The van der Waals surface area contributed by atoms with E-state index in [1.165, 1.54) is 0 Å². The smallest absolute Gasteiger partial charge is 0.226 e. The zero-order valence-electron chi connectivity index (χ0n) is 10.9. The summed E-state index contributed by atoms with van der Waals surface area (Å²) in [6.45, 7) is 2.30. The van der Waals surface area contributed by atoms with Crippen LogP contribution in [0.15, 0.2) is 24.4 Å². The van der Waals surface area contributed by atoms with E-state index in [0.29, 0.717) is 28.0 Å². The molecule has 0 saturated heterocycles. The summed E-state index contributed by atoms with van der Waals surface area (Å²) in [5.41, 5.74) is 7.58. The second-order valence-corrected chi connectivity index (χ2v) is 5.17. The van der Waals surface area contributed by atoms with Crippen LogP contribution < -0.4 is 11.1 Å². The zero-order valence-corrected chi connectivity index (χ0v) is 12.4. The number of aryl methyl sites for hydroxylation is 1. The molecule has 0 fully saturated rings. The average Bonchev–Trinajstić information content (AvgIpc) is 2.72. The van der Waals surface area contributed by atoms with Crippen LogP contribution in [0.2, 0.25) is 10.0 Å². The highest BCUT2D eigenvalue weighted by molar-refractivity contribution is 6.31. The molecule has 2 aromatic rings. The minimum absolute atomic E-state index is 0.162. The molecule has 1 aromatic heterocycles. The van der Waals surface area contributed by atoms with Gasteiger partial charge in [-0.3, -0.25) is 9.48 Å². The third-order valence-electron chi connectivity index (χ3n) is 2.88. The number of hydrogen-bond acceptors (Lipinski definition) is 3. The van der Waals surface area contributed by atoms with Crippen molar-refractivity contribution in [3.63, 3.8) is 0 Å². The summed E-state index contributed by atoms with van der Waals surface area (Å²) >= 11 is 11.8. The fourth-order valence-electron chi connectivity index (χ4n) is 1.71. The highest BCUT2D eigenvalue weighted by Crippen LogP contribution is 2.23. The highest BCUT2D eigenvalue weighted by atomic mass is 35.5. The Hall–Kier alpha value is -1.72. The monoisotopic (exact) mass is 312 g/mol. The Balaban J connectivity index is 1.96. The standard InChI is InChI=1S/C13H14Cl2N4O/c1-8-10(15)7-17-19(8)5-4-13(20)18-12-6-9(14)2-3-11(12)16/h2-3,6-7H,4-5,16H2,1H3,(H,18,20). The molecule has 0 aliphatic rings. The maximum absolute atomic E-state index is 11.9. The number of amides is 1. The van der Waals surface area contributed by atoms with Gasteiger partial charge in [-0.2, -0.15) is 5.10 Å². The molecular weight excluding hydrogens is 299 g/mol. The van der Waals surface area contributed by atoms with Crippen LogP contribution in [0.5, 0.6) is 0 Å². The number of aromatic nitrogens is 2. The Labute approximate surface area is 126 Å². The summed E-state index contributed by atoms with van der Waals surface area (Å²) in [5.74, 6) is -0.162. The molecule has 1 heterocycles. The fraction of sp³-hybridized carbons (Fsp3) is 0.231. The Kier molecular flexibility index (Phi) is 4.52. The lowest BCUT2D eigenvalue weighted by Gasteiger charge is -2.09. The number of carbonyl (C=O) groups excluding carboxylic acids is 1. The van der Waals surface area contributed by atoms with Crippen molar-refractivity contribution < 1.29 is 4.79 Å². The summed E-state index contributed by atoms with van der Waals surface area (Å²) in [6.07, 6.45) is 1.83. The number of rotatable bonds is 4. The molecule has 106 valence electrons. The van der Waals surface area contributed by atoms with Gasteiger partial charge in [0.25, 0.3) is 0 Å². The van der Waals surface area contributed by atoms with Crippen molar-refractivity contribution in [2.24, 2.45) is 0 Å². The van der Waals surface area contributed by atoms with Gasteiger partial charge in [-0.05, 0) is 25.1 Å². The fourth-order valence-corrected chi connectivity index (χ4v) is 2.02. The summed E-state index contributed by atoms with van der Waals surface area (Å²) in [4.78, 5) is 11.9. The maximum Gasteiger partial charge on any atom is 0.226 e. The summed E-state index contributed by atoms with van der Waals surface area (Å²) in [5, 5.41) is 7.92. The third kappa shape index (κ3) is 3.43. The van der Waals surface area contributed by atoms with Gasteiger partial charge in [-0.25, -0.2) is 0 Å². The number of nitrogen functional groups attached to an aromatic ring is 1. The van der Waals surface area contributed by atoms with E-state index < -0.39 is 0 Å². The second-order valence-electron chi connectivity index (χ2n) is 4.33. The van der Waals surface area contributed by atoms with Crippen LogP contribution in [0.25, 0.3) is 0 Å². The topological polar surface area (TPSA) is 72.9 Å². The molecule has 0 atom stereocenters. The predicted octanol–water partition coefficient (Wildman–Crippen LogP) is 3.11. The first kappa shape index (κ1) is 14.7. The Morgan fingerprint density at radius 2 is 2.20 bits per heavy atom. The van der Waals surface area contributed by atoms with Gasteiger partial charge in [0.05, 0.1) is 34.8 Å². The van der Waals surface area contributed by atoms with Crippen molar-refractivity contribution in [1.82, 2.24) is 9.78 Å². The predicted molar refractivity (Wildman–Crippen MR) is 81.1 cm³/mol. The Morgan fingerprint density at radius 1 is 1.45 bits per heavy atom. The SMILES string of the molecule is Cc1c(Cl)cnn1CCC(=O)Nc1cc(Cl)ccc1N. The lowest BCUT2D eigenvalue weighted by molar-refractivity contribution is -0.116. The molecule has 0 bridgehead atoms. The molecular formula is C13H14Cl2N4O. The lowest BCUT2D eigenvalue weighted by Crippen LogP contribution is -2.16. The Bertz CT molecular complexity index is 639. The molecule has 0 spiro atoms. The van der Waals surface area contributed by atoms with Crippen molar-refractivity contribution in [2.75, 3.05) is 11.1 Å². The number of nitrogens with zero attached hydrogens (tertiary/aromatic N) is 2. The van der Waals surface area contributed by atoms with Crippen LogP contribution in [0.1, 0.15) is 12.1 Å². The van der Waals surface area contributed by atoms with Crippen LogP contribution >= 0.6 is 23.2 Å². The minimum Gasteiger partial charge on any atom is -0.397 e. The first-order valence-electron chi connectivity index (χ1n) is 6.00. The van der Waals surface area contributed by atoms with Crippen LogP contribution in [-0.4, -0.2) is 15.7 Å². The molecule has 1 amide bonds. The lowest BCUT2D eigenvalue weighted by atomic mass is 10.2. The first-order chi connectivity index (χ1) is 9.47. The normalized spacial score (nSPS) is 10.6. The number of benzene rings is 1. The average molecular weight is 313 g/mol. The Morgan fingerprint density at radius 3 is 2.85 bits per heavy atom. The van der Waals surface area contributed by atoms with Crippen molar-refractivity contribution in [3.8, 4) is 0 Å². The van der Waals surface area contributed by atoms with Crippen LogP contribution in [0, 0.1) is 6.92 Å². The molecule has 0 unspecified atom stereocenters. The third-order valence-corrected chi connectivity index (χ3v) is 3.49. The van der Waals surface area contributed by atoms with Gasteiger partial charge in [-0.15, -0.1) is 0 Å². The van der Waals surface area contributed by atoms with Crippen LogP contribution in [0.3, 0.4) is 0 Å². The van der Waals surface area contributed by atoms with Gasteiger partial charge in [0.15, 0.2) is 0 Å². The summed E-state index contributed by atoms with van der Waals surface area (Å²) < 4.78 is 1.68. The van der Waals surface area contributed by atoms with Gasteiger partial charge in [-0.1, -0.05) is 23.2 Å². The van der Waals surface area contributed by atoms with Crippen LogP contribution in [0.4, 0.5) is 11.4 Å². The maximum atomic E-state index is 11.9. The van der Waals surface area contributed by atoms with Crippen molar-refractivity contribution in [3.05, 3.63) is 40.1 Å². The highest BCUT2D eigenvalue weighted by Gasteiger charge is 2.09. The number of anilines is 2. The number of hydrogen-bond donors (Lipinski definition) is 2. The van der Waals surface area contributed by atoms with E-state index in [0.717, 1.165) is 5.69 Å². The van der Waals surface area contributed by atoms with Crippen LogP contribution in [-0.2, 0) is 11.3 Å². The zero-order chi connectivity index (χ0) is 14.7. The number of nitrogens with two attached hydrogens (primary N) is 1. The van der Waals surface area contributed by atoms with Crippen molar-refractivity contribution in [1.29, 1.82) is 0 Å². The molecule has 0 saturated carbocycles. The van der Waals surface area contributed by atoms with Crippen molar-refractivity contribution >= 4 is 40.5 Å². The number of nitrogens with one attached hydrogen (secondary N) is 1. The molecule has 0 aliphatic carbocycles. The molecule has 20 heavy (non-hydrogen) atoms. The first-order valence-corrected chi connectivity index (χ1v) is 6.75. The quantitative estimate of drug-likeness (QED) is 0.852. The van der Waals surface area contributed by atoms with Crippen molar-refractivity contribution in [2.45, 2.75) is 19.9 Å². The van der Waals surface area contributed by atoms with Gasteiger partial charge >= 0.3 is 0 Å². The van der Waals surface area contributed by atoms with E-state index in [4.69, 9.17) is 28.9 Å². The molecule has 0 aliphatic heterocycles. The van der Waals surface area contributed by atoms with Gasteiger partial charge in [0.1, 0.15) is 0 Å². The minimum atomic E-state index is -0.162. The largest absolute Gasteiger partial charge is 0.397 e. The van der Waals surface area contributed by atoms with E-state index >= 15 is 0 Å². The van der Waals surface area contributed by atoms with E-state index in [1.807, 2.05) is 6.92 Å². The van der Waals surface area contributed by atoms with E-state index in [-0.39, 0.29) is 12.3 Å². The van der Waals surface area contributed by atoms with Gasteiger partial charge in [0.2, 0.25) is 5.91 Å². The molecule has 0 radical (unpaired) electrons. The van der Waals surface area contributed by atoms with E-state index in [2.05, 4.69) is 10.4 Å². The summed E-state index contributed by atoms with van der Waals surface area (Å²) in [6, 6.07) is 4.93.